The zero-order valence-corrected chi connectivity index (χ0v) is 10.1. The second-order valence-corrected chi connectivity index (χ2v) is 4.21. The third-order valence-corrected chi connectivity index (χ3v) is 2.65. The molecule has 0 aliphatic rings. The lowest BCUT2D eigenvalue weighted by molar-refractivity contribution is -0.146. The molecule has 0 amide bonds. The highest BCUT2D eigenvalue weighted by atomic mass is 16.5. The van der Waals surface area contributed by atoms with Gasteiger partial charge in [-0.25, -0.2) is 0 Å². The van der Waals surface area contributed by atoms with Crippen LogP contribution in [0.1, 0.15) is 25.5 Å². The van der Waals surface area contributed by atoms with Gasteiger partial charge in [-0.2, -0.15) is 5.10 Å². The lowest BCUT2D eigenvalue weighted by Gasteiger charge is -2.21. The number of rotatable bonds is 5. The van der Waals surface area contributed by atoms with Crippen LogP contribution in [0.3, 0.4) is 0 Å². The highest BCUT2D eigenvalue weighted by Gasteiger charge is 2.28. The van der Waals surface area contributed by atoms with E-state index in [0.717, 1.165) is 18.7 Å². The minimum Gasteiger partial charge on any atom is -0.468 e. The zero-order valence-electron chi connectivity index (χ0n) is 10.1. The summed E-state index contributed by atoms with van der Waals surface area (Å²) in [5.41, 5.74) is 6.05. The number of hydrogen-bond donors (Lipinski definition) is 1. The van der Waals surface area contributed by atoms with Gasteiger partial charge in [0.1, 0.15) is 5.54 Å². The number of nitrogens with zero attached hydrogens (tertiary/aromatic N) is 2. The van der Waals surface area contributed by atoms with Crippen molar-refractivity contribution in [2.75, 3.05) is 7.11 Å². The standard InChI is InChI=1S/C11H19N3O2/c1-9-5-7-13-14(9)8-4-6-11(2,12)10(15)16-3/h5,7H,4,6,8,12H2,1-3H3. The Bertz CT molecular complexity index is 358. The van der Waals surface area contributed by atoms with Gasteiger partial charge in [-0.15, -0.1) is 0 Å². The van der Waals surface area contributed by atoms with Crippen LogP contribution in [0.15, 0.2) is 12.3 Å². The minimum atomic E-state index is -0.907. The fourth-order valence-electron chi connectivity index (χ4n) is 1.56. The molecule has 1 rings (SSSR count). The Labute approximate surface area is 95.6 Å². The van der Waals surface area contributed by atoms with Crippen LogP contribution >= 0.6 is 0 Å². The van der Waals surface area contributed by atoms with Crippen LogP contribution < -0.4 is 5.73 Å². The second kappa shape index (κ2) is 5.12. The SMILES string of the molecule is COC(=O)C(C)(N)CCCn1nccc1C. The maximum Gasteiger partial charge on any atom is 0.325 e. The van der Waals surface area contributed by atoms with E-state index in [2.05, 4.69) is 9.84 Å². The van der Waals surface area contributed by atoms with Crippen molar-refractivity contribution in [1.29, 1.82) is 0 Å². The highest BCUT2D eigenvalue weighted by Crippen LogP contribution is 2.12. The van der Waals surface area contributed by atoms with Gasteiger partial charge in [0.2, 0.25) is 0 Å². The summed E-state index contributed by atoms with van der Waals surface area (Å²) in [6.07, 6.45) is 3.14. The van der Waals surface area contributed by atoms with Gasteiger partial charge in [-0.05, 0) is 32.8 Å². The van der Waals surface area contributed by atoms with Gasteiger partial charge in [-0.3, -0.25) is 9.48 Å². The third-order valence-electron chi connectivity index (χ3n) is 2.65. The third kappa shape index (κ3) is 3.06. The smallest absolute Gasteiger partial charge is 0.325 e. The summed E-state index contributed by atoms with van der Waals surface area (Å²) in [5.74, 6) is -0.371. The first-order valence-corrected chi connectivity index (χ1v) is 5.33. The number of aromatic nitrogens is 2. The Morgan fingerprint density at radius 3 is 2.88 bits per heavy atom. The van der Waals surface area contributed by atoms with Crippen LogP contribution in [-0.4, -0.2) is 28.4 Å². The number of nitrogens with two attached hydrogens (primary N) is 1. The molecule has 0 spiro atoms. The fourth-order valence-corrected chi connectivity index (χ4v) is 1.56. The van der Waals surface area contributed by atoms with Crippen molar-refractivity contribution in [3.63, 3.8) is 0 Å². The number of esters is 1. The quantitative estimate of drug-likeness (QED) is 0.755. The van der Waals surface area contributed by atoms with Crippen molar-refractivity contribution in [3.8, 4) is 0 Å². The number of methoxy groups -OCH3 is 1. The molecule has 1 unspecified atom stereocenters. The van der Waals surface area contributed by atoms with E-state index >= 15 is 0 Å². The molecule has 0 aliphatic heterocycles. The lowest BCUT2D eigenvalue weighted by Crippen LogP contribution is -2.45. The summed E-state index contributed by atoms with van der Waals surface area (Å²) in [7, 11) is 1.35. The van der Waals surface area contributed by atoms with Crippen LogP contribution in [0.25, 0.3) is 0 Å². The van der Waals surface area contributed by atoms with Crippen molar-refractivity contribution < 1.29 is 9.53 Å². The summed E-state index contributed by atoms with van der Waals surface area (Å²) < 4.78 is 6.54. The van der Waals surface area contributed by atoms with E-state index in [1.165, 1.54) is 7.11 Å². The molecule has 16 heavy (non-hydrogen) atoms. The van der Waals surface area contributed by atoms with Crippen LogP contribution in [0.5, 0.6) is 0 Å². The zero-order chi connectivity index (χ0) is 12.2. The molecule has 0 radical (unpaired) electrons. The van der Waals surface area contributed by atoms with E-state index < -0.39 is 5.54 Å². The van der Waals surface area contributed by atoms with Crippen molar-refractivity contribution in [1.82, 2.24) is 9.78 Å². The van der Waals surface area contributed by atoms with Gasteiger partial charge in [0.15, 0.2) is 0 Å². The average molecular weight is 225 g/mol. The van der Waals surface area contributed by atoms with Crippen molar-refractivity contribution in [3.05, 3.63) is 18.0 Å². The molecule has 0 bridgehead atoms. The number of aryl methyl sites for hydroxylation is 2. The molecular weight excluding hydrogens is 206 g/mol. The molecule has 0 saturated heterocycles. The van der Waals surface area contributed by atoms with Crippen LogP contribution in [0.2, 0.25) is 0 Å². The first kappa shape index (κ1) is 12.7. The molecule has 1 aromatic heterocycles. The van der Waals surface area contributed by atoms with Gasteiger partial charge in [-0.1, -0.05) is 0 Å². The molecule has 1 atom stereocenters. The predicted octanol–water partition coefficient (Wildman–Crippen LogP) is 0.862. The maximum atomic E-state index is 11.3. The Morgan fingerprint density at radius 1 is 1.69 bits per heavy atom. The second-order valence-electron chi connectivity index (χ2n) is 4.21. The number of carbonyl (C=O) groups is 1. The molecule has 0 aliphatic carbocycles. The molecule has 0 aromatic carbocycles. The Balaban J connectivity index is 2.41. The maximum absolute atomic E-state index is 11.3. The summed E-state index contributed by atoms with van der Waals surface area (Å²) in [5, 5.41) is 4.16. The summed E-state index contributed by atoms with van der Waals surface area (Å²) >= 11 is 0. The van der Waals surface area contributed by atoms with Gasteiger partial charge < -0.3 is 10.5 Å². The monoisotopic (exact) mass is 225 g/mol. The molecule has 1 aromatic rings. The van der Waals surface area contributed by atoms with Gasteiger partial charge in [0, 0.05) is 18.4 Å². The molecule has 0 fully saturated rings. The summed E-state index contributed by atoms with van der Waals surface area (Å²) in [6, 6.07) is 1.95. The fraction of sp³-hybridized carbons (Fsp3) is 0.636. The van der Waals surface area contributed by atoms with E-state index in [4.69, 9.17) is 5.73 Å². The number of hydrogen-bond acceptors (Lipinski definition) is 4. The van der Waals surface area contributed by atoms with Crippen molar-refractivity contribution in [2.24, 2.45) is 5.73 Å². The average Bonchev–Trinajstić information content (AvgIpc) is 2.63. The molecule has 5 heteroatoms. The number of ether oxygens (including phenoxy) is 1. The lowest BCUT2D eigenvalue weighted by atomic mass is 9.97. The summed E-state index contributed by atoms with van der Waals surface area (Å²) in [6.45, 7) is 4.45. The van der Waals surface area contributed by atoms with Gasteiger partial charge in [0.25, 0.3) is 0 Å². The first-order valence-electron chi connectivity index (χ1n) is 5.33. The topological polar surface area (TPSA) is 70.1 Å². The van der Waals surface area contributed by atoms with E-state index in [1.54, 1.807) is 13.1 Å². The van der Waals surface area contributed by atoms with Gasteiger partial charge in [0.05, 0.1) is 7.11 Å². The van der Waals surface area contributed by atoms with E-state index in [-0.39, 0.29) is 5.97 Å². The van der Waals surface area contributed by atoms with Crippen LogP contribution in [0.4, 0.5) is 0 Å². The molecule has 2 N–H and O–H groups in total. The van der Waals surface area contributed by atoms with E-state index in [9.17, 15) is 4.79 Å². The van der Waals surface area contributed by atoms with Crippen LogP contribution in [-0.2, 0) is 16.1 Å². The first-order chi connectivity index (χ1) is 7.47. The van der Waals surface area contributed by atoms with Gasteiger partial charge >= 0.3 is 5.97 Å². The largest absolute Gasteiger partial charge is 0.468 e. The molecule has 90 valence electrons. The predicted molar refractivity (Wildman–Crippen MR) is 60.8 cm³/mol. The molecule has 5 nitrogen and oxygen atoms in total. The highest BCUT2D eigenvalue weighted by molar-refractivity contribution is 5.79. The van der Waals surface area contributed by atoms with E-state index in [0.29, 0.717) is 6.42 Å². The van der Waals surface area contributed by atoms with E-state index in [1.807, 2.05) is 17.7 Å². The van der Waals surface area contributed by atoms with Crippen molar-refractivity contribution >= 4 is 5.97 Å². The summed E-state index contributed by atoms with van der Waals surface area (Å²) in [4.78, 5) is 11.3. The Morgan fingerprint density at radius 2 is 2.38 bits per heavy atom. The Kier molecular flexibility index (Phi) is 4.06. The molecule has 1 heterocycles. The molecule has 0 saturated carbocycles. The van der Waals surface area contributed by atoms with Crippen LogP contribution in [0, 0.1) is 6.92 Å². The normalized spacial score (nSPS) is 14.5. The number of carbonyl (C=O) groups excluding carboxylic acids is 1. The molecular formula is C11H19N3O2. The Hall–Kier alpha value is -1.36. The minimum absolute atomic E-state index is 0.371. The van der Waals surface area contributed by atoms with Crippen molar-refractivity contribution in [2.45, 2.75) is 38.8 Å².